The third-order valence-corrected chi connectivity index (χ3v) is 2.70. The molecule has 0 aliphatic rings. The second-order valence-corrected chi connectivity index (χ2v) is 3.91. The minimum atomic E-state index is -0.444. The fraction of sp³-hybridized carbons (Fsp3) is 0.0714. The van der Waals surface area contributed by atoms with E-state index in [9.17, 15) is 14.9 Å². The molecule has 0 unspecified atom stereocenters. The molecular formula is C14H11NO3. The first-order valence-electron chi connectivity index (χ1n) is 5.44. The summed E-state index contributed by atoms with van der Waals surface area (Å²) in [6.45, 7) is 1.50. The first-order chi connectivity index (χ1) is 8.59. The van der Waals surface area contributed by atoms with Crippen LogP contribution in [0.1, 0.15) is 17.3 Å². The molecule has 0 fully saturated rings. The van der Waals surface area contributed by atoms with Crippen LogP contribution < -0.4 is 0 Å². The number of carbonyl (C=O) groups excluding carboxylic acids is 1. The number of nitro groups is 1. The highest BCUT2D eigenvalue weighted by Gasteiger charge is 2.10. The Kier molecular flexibility index (Phi) is 3.19. The van der Waals surface area contributed by atoms with Crippen LogP contribution in [-0.2, 0) is 0 Å². The minimum Gasteiger partial charge on any atom is -0.294 e. The molecule has 0 aromatic heterocycles. The summed E-state index contributed by atoms with van der Waals surface area (Å²) in [4.78, 5) is 21.6. The Bertz CT molecular complexity index is 603. The van der Waals surface area contributed by atoms with Gasteiger partial charge in [-0.1, -0.05) is 24.3 Å². The van der Waals surface area contributed by atoms with E-state index in [2.05, 4.69) is 0 Å². The molecular weight excluding hydrogens is 230 g/mol. The molecule has 90 valence electrons. The molecule has 0 atom stereocenters. The van der Waals surface area contributed by atoms with Gasteiger partial charge in [-0.2, -0.15) is 0 Å². The highest BCUT2D eigenvalue weighted by atomic mass is 16.6. The van der Waals surface area contributed by atoms with E-state index in [1.165, 1.54) is 19.1 Å². The van der Waals surface area contributed by atoms with Crippen molar-refractivity contribution in [1.82, 2.24) is 0 Å². The predicted octanol–water partition coefficient (Wildman–Crippen LogP) is 3.46. The molecule has 0 N–H and O–H groups in total. The van der Waals surface area contributed by atoms with Gasteiger partial charge in [0.15, 0.2) is 5.78 Å². The average Bonchev–Trinajstić information content (AvgIpc) is 2.39. The zero-order valence-corrected chi connectivity index (χ0v) is 9.79. The second-order valence-electron chi connectivity index (χ2n) is 3.91. The van der Waals surface area contributed by atoms with Gasteiger partial charge in [0.2, 0.25) is 0 Å². The van der Waals surface area contributed by atoms with Crippen molar-refractivity contribution in [1.29, 1.82) is 0 Å². The van der Waals surface area contributed by atoms with Gasteiger partial charge >= 0.3 is 0 Å². The van der Waals surface area contributed by atoms with E-state index in [0.29, 0.717) is 5.56 Å². The predicted molar refractivity (Wildman–Crippen MR) is 68.5 cm³/mol. The largest absolute Gasteiger partial charge is 0.294 e. The van der Waals surface area contributed by atoms with Gasteiger partial charge in [-0.05, 0) is 30.2 Å². The van der Waals surface area contributed by atoms with E-state index in [4.69, 9.17) is 0 Å². The minimum absolute atomic E-state index is 0.0241. The first kappa shape index (κ1) is 12.0. The number of carbonyl (C=O) groups is 1. The number of benzene rings is 2. The van der Waals surface area contributed by atoms with Crippen molar-refractivity contribution in [2.75, 3.05) is 0 Å². The molecule has 0 aliphatic heterocycles. The number of hydrogen-bond acceptors (Lipinski definition) is 3. The lowest BCUT2D eigenvalue weighted by Crippen LogP contribution is -1.95. The van der Waals surface area contributed by atoms with E-state index >= 15 is 0 Å². The molecule has 0 bridgehead atoms. The third-order valence-electron chi connectivity index (χ3n) is 2.70. The van der Waals surface area contributed by atoms with Crippen molar-refractivity contribution >= 4 is 11.5 Å². The van der Waals surface area contributed by atoms with Gasteiger partial charge < -0.3 is 0 Å². The highest BCUT2D eigenvalue weighted by molar-refractivity contribution is 6.00. The molecule has 2 aromatic carbocycles. The summed E-state index contributed by atoms with van der Waals surface area (Å²) >= 11 is 0. The molecule has 4 nitrogen and oxygen atoms in total. The second kappa shape index (κ2) is 4.79. The third kappa shape index (κ3) is 2.27. The molecule has 2 rings (SSSR count). The van der Waals surface area contributed by atoms with Crippen LogP contribution in [0.3, 0.4) is 0 Å². The lowest BCUT2D eigenvalue weighted by atomic mass is 9.97. The lowest BCUT2D eigenvalue weighted by molar-refractivity contribution is -0.384. The molecule has 0 spiro atoms. The zero-order chi connectivity index (χ0) is 13.1. The first-order valence-corrected chi connectivity index (χ1v) is 5.44. The molecule has 0 amide bonds. The number of rotatable bonds is 3. The summed E-state index contributed by atoms with van der Waals surface area (Å²) in [6.07, 6.45) is 0. The van der Waals surface area contributed by atoms with Gasteiger partial charge in [-0.3, -0.25) is 14.9 Å². The molecule has 0 saturated heterocycles. The van der Waals surface area contributed by atoms with Gasteiger partial charge in [-0.15, -0.1) is 0 Å². The zero-order valence-electron chi connectivity index (χ0n) is 9.79. The number of Topliss-reactive ketones (excluding diaryl/α,β-unsaturated/α-hetero) is 1. The van der Waals surface area contributed by atoms with Crippen molar-refractivity contribution in [3.8, 4) is 11.1 Å². The van der Waals surface area contributed by atoms with Gasteiger partial charge in [0.05, 0.1) is 4.92 Å². The van der Waals surface area contributed by atoms with Crippen molar-refractivity contribution in [3.05, 3.63) is 64.2 Å². The van der Waals surface area contributed by atoms with Crippen LogP contribution >= 0.6 is 0 Å². The fourth-order valence-electron chi connectivity index (χ4n) is 1.80. The number of nitro benzene ring substituents is 1. The van der Waals surface area contributed by atoms with Crippen LogP contribution in [0, 0.1) is 10.1 Å². The van der Waals surface area contributed by atoms with Crippen molar-refractivity contribution in [2.24, 2.45) is 0 Å². The van der Waals surface area contributed by atoms with Crippen LogP contribution in [0.2, 0.25) is 0 Å². The summed E-state index contributed by atoms with van der Waals surface area (Å²) < 4.78 is 0. The Morgan fingerprint density at radius 1 is 1.06 bits per heavy atom. The van der Waals surface area contributed by atoms with Gasteiger partial charge in [0.25, 0.3) is 5.69 Å². The van der Waals surface area contributed by atoms with Crippen molar-refractivity contribution < 1.29 is 9.72 Å². The SMILES string of the molecule is CC(=O)c1ccccc1-c1ccc([N+](=O)[O-])cc1. The van der Waals surface area contributed by atoms with Crippen molar-refractivity contribution in [3.63, 3.8) is 0 Å². The summed E-state index contributed by atoms with van der Waals surface area (Å²) in [5, 5.41) is 10.6. The average molecular weight is 241 g/mol. The molecule has 18 heavy (non-hydrogen) atoms. The molecule has 4 heteroatoms. The summed E-state index contributed by atoms with van der Waals surface area (Å²) in [5.74, 6) is -0.0241. The number of nitrogens with zero attached hydrogens (tertiary/aromatic N) is 1. The molecule has 0 saturated carbocycles. The normalized spacial score (nSPS) is 10.1. The van der Waals surface area contributed by atoms with Gasteiger partial charge in [0, 0.05) is 17.7 Å². The van der Waals surface area contributed by atoms with Crippen LogP contribution in [0.4, 0.5) is 5.69 Å². The Labute approximate surface area is 104 Å². The van der Waals surface area contributed by atoms with E-state index in [1.807, 2.05) is 12.1 Å². The highest BCUT2D eigenvalue weighted by Crippen LogP contribution is 2.25. The van der Waals surface area contributed by atoms with Crippen LogP contribution in [-0.4, -0.2) is 10.7 Å². The van der Waals surface area contributed by atoms with Crippen LogP contribution in [0.5, 0.6) is 0 Å². The summed E-state index contributed by atoms with van der Waals surface area (Å²) in [5.41, 5.74) is 2.25. The summed E-state index contributed by atoms with van der Waals surface area (Å²) in [7, 11) is 0. The van der Waals surface area contributed by atoms with Gasteiger partial charge in [0.1, 0.15) is 0 Å². The van der Waals surface area contributed by atoms with E-state index in [0.717, 1.165) is 11.1 Å². The van der Waals surface area contributed by atoms with E-state index < -0.39 is 4.92 Å². The lowest BCUT2D eigenvalue weighted by Gasteiger charge is -2.06. The van der Waals surface area contributed by atoms with Gasteiger partial charge in [-0.25, -0.2) is 0 Å². The quantitative estimate of drug-likeness (QED) is 0.469. The molecule has 0 radical (unpaired) electrons. The van der Waals surface area contributed by atoms with E-state index in [-0.39, 0.29) is 11.5 Å². The Morgan fingerprint density at radius 3 is 2.22 bits per heavy atom. The Balaban J connectivity index is 2.49. The molecule has 2 aromatic rings. The Morgan fingerprint density at radius 2 is 1.67 bits per heavy atom. The maximum Gasteiger partial charge on any atom is 0.269 e. The van der Waals surface area contributed by atoms with Crippen molar-refractivity contribution in [2.45, 2.75) is 6.92 Å². The number of non-ortho nitro benzene ring substituents is 1. The summed E-state index contributed by atoms with van der Waals surface area (Å²) in [6, 6.07) is 13.4. The molecule has 0 heterocycles. The number of hydrogen-bond donors (Lipinski definition) is 0. The smallest absolute Gasteiger partial charge is 0.269 e. The molecule has 0 aliphatic carbocycles. The van der Waals surface area contributed by atoms with Crippen LogP contribution in [0.15, 0.2) is 48.5 Å². The maximum absolute atomic E-state index is 11.5. The number of ketones is 1. The fourth-order valence-corrected chi connectivity index (χ4v) is 1.80. The van der Waals surface area contributed by atoms with Crippen LogP contribution in [0.25, 0.3) is 11.1 Å². The standard InChI is InChI=1S/C14H11NO3/c1-10(16)13-4-2-3-5-14(13)11-6-8-12(9-7-11)15(17)18/h2-9H,1H3. The monoisotopic (exact) mass is 241 g/mol. The Hall–Kier alpha value is -2.49. The van der Waals surface area contributed by atoms with E-state index in [1.54, 1.807) is 24.3 Å². The maximum atomic E-state index is 11.5. The topological polar surface area (TPSA) is 60.2 Å².